The Morgan fingerprint density at radius 1 is 1.28 bits per heavy atom. The van der Waals surface area contributed by atoms with Gasteiger partial charge in [-0.05, 0) is 31.5 Å². The fraction of sp³-hybridized carbons (Fsp3) is 0.385. The summed E-state index contributed by atoms with van der Waals surface area (Å²) in [6.07, 6.45) is 0. The van der Waals surface area contributed by atoms with Gasteiger partial charge < -0.3 is 10.2 Å². The Morgan fingerprint density at radius 3 is 2.50 bits per heavy atom. The first-order valence-corrected chi connectivity index (χ1v) is 6.54. The molecular formula is C13H15BrN2O2. The summed E-state index contributed by atoms with van der Waals surface area (Å²) in [5.41, 5.74) is 0.205. The predicted octanol–water partition coefficient (Wildman–Crippen LogP) is 1.69. The fourth-order valence-corrected chi connectivity index (χ4v) is 2.22. The normalized spacial score (nSPS) is 18.7. The molecular weight excluding hydrogens is 296 g/mol. The molecule has 0 saturated carbocycles. The molecule has 1 fully saturated rings. The minimum absolute atomic E-state index is 0.0532. The zero-order valence-electron chi connectivity index (χ0n) is 10.4. The van der Waals surface area contributed by atoms with Gasteiger partial charge in [-0.2, -0.15) is 0 Å². The molecule has 1 aliphatic rings. The van der Waals surface area contributed by atoms with E-state index in [1.54, 1.807) is 18.7 Å². The van der Waals surface area contributed by atoms with Crippen molar-refractivity contribution in [2.45, 2.75) is 25.9 Å². The van der Waals surface area contributed by atoms with Crippen LogP contribution in [0, 0.1) is 0 Å². The van der Waals surface area contributed by atoms with Crippen molar-refractivity contribution in [1.82, 2.24) is 10.2 Å². The van der Waals surface area contributed by atoms with Crippen molar-refractivity contribution in [3.05, 3.63) is 34.3 Å². The van der Waals surface area contributed by atoms with Crippen LogP contribution >= 0.6 is 15.9 Å². The molecule has 5 heteroatoms. The van der Waals surface area contributed by atoms with Gasteiger partial charge in [0.05, 0.1) is 6.54 Å². The average molecular weight is 311 g/mol. The summed E-state index contributed by atoms with van der Waals surface area (Å²) in [6, 6.07) is 7.74. The van der Waals surface area contributed by atoms with Crippen LogP contribution < -0.4 is 5.32 Å². The van der Waals surface area contributed by atoms with Gasteiger partial charge in [0.1, 0.15) is 5.54 Å². The van der Waals surface area contributed by atoms with Crippen molar-refractivity contribution in [2.75, 3.05) is 6.54 Å². The van der Waals surface area contributed by atoms with Crippen LogP contribution in [0.25, 0.3) is 0 Å². The number of amides is 2. The number of hydrogen-bond donors (Lipinski definition) is 1. The quantitative estimate of drug-likeness (QED) is 0.903. The van der Waals surface area contributed by atoms with Crippen LogP contribution in [-0.2, 0) is 16.1 Å². The van der Waals surface area contributed by atoms with E-state index < -0.39 is 5.54 Å². The molecule has 18 heavy (non-hydrogen) atoms. The van der Waals surface area contributed by atoms with Crippen LogP contribution in [-0.4, -0.2) is 28.8 Å². The monoisotopic (exact) mass is 310 g/mol. The Bertz CT molecular complexity index is 482. The number of nitrogens with one attached hydrogen (secondary N) is 1. The van der Waals surface area contributed by atoms with Crippen LogP contribution in [0.5, 0.6) is 0 Å². The molecule has 0 atom stereocenters. The van der Waals surface area contributed by atoms with Gasteiger partial charge in [-0.3, -0.25) is 9.59 Å². The maximum atomic E-state index is 11.9. The maximum absolute atomic E-state index is 11.9. The molecule has 1 aliphatic heterocycles. The smallest absolute Gasteiger partial charge is 0.245 e. The second kappa shape index (κ2) is 4.72. The number of piperazine rings is 1. The van der Waals surface area contributed by atoms with E-state index in [4.69, 9.17) is 0 Å². The highest BCUT2D eigenvalue weighted by Crippen LogP contribution is 2.22. The van der Waals surface area contributed by atoms with Gasteiger partial charge in [0.25, 0.3) is 0 Å². The minimum Gasteiger partial charge on any atom is -0.345 e. The Morgan fingerprint density at radius 2 is 1.89 bits per heavy atom. The highest BCUT2D eigenvalue weighted by Gasteiger charge is 2.41. The lowest BCUT2D eigenvalue weighted by atomic mass is 9.97. The average Bonchev–Trinajstić information content (AvgIpc) is 2.32. The first kappa shape index (κ1) is 13.1. The Labute approximate surface area is 114 Å². The van der Waals surface area contributed by atoms with Gasteiger partial charge in [-0.1, -0.05) is 28.1 Å². The van der Waals surface area contributed by atoms with Crippen LogP contribution in [0.1, 0.15) is 19.4 Å². The summed E-state index contributed by atoms with van der Waals surface area (Å²) in [5.74, 6) is -0.165. The molecule has 0 unspecified atom stereocenters. The minimum atomic E-state index is -0.803. The first-order valence-electron chi connectivity index (χ1n) is 5.74. The first-order chi connectivity index (χ1) is 8.41. The van der Waals surface area contributed by atoms with Gasteiger partial charge >= 0.3 is 0 Å². The number of carbonyl (C=O) groups is 2. The molecule has 0 radical (unpaired) electrons. The molecule has 1 aromatic rings. The molecule has 4 nitrogen and oxygen atoms in total. The van der Waals surface area contributed by atoms with Crippen molar-refractivity contribution in [2.24, 2.45) is 0 Å². The van der Waals surface area contributed by atoms with E-state index >= 15 is 0 Å². The van der Waals surface area contributed by atoms with Gasteiger partial charge in [0.2, 0.25) is 11.8 Å². The van der Waals surface area contributed by atoms with Crippen molar-refractivity contribution >= 4 is 27.7 Å². The molecule has 0 bridgehead atoms. The van der Waals surface area contributed by atoms with Gasteiger partial charge in [-0.25, -0.2) is 0 Å². The highest BCUT2D eigenvalue weighted by atomic mass is 79.9. The molecule has 0 aromatic heterocycles. The summed E-state index contributed by atoms with van der Waals surface area (Å²) < 4.78 is 0.994. The third-order valence-corrected chi connectivity index (χ3v) is 3.71. The van der Waals surface area contributed by atoms with Gasteiger partial charge in [0.15, 0.2) is 0 Å². The zero-order valence-corrected chi connectivity index (χ0v) is 12.0. The number of carbonyl (C=O) groups excluding carboxylic acids is 2. The number of benzene rings is 1. The van der Waals surface area contributed by atoms with E-state index in [-0.39, 0.29) is 18.4 Å². The van der Waals surface area contributed by atoms with Gasteiger partial charge in [-0.15, -0.1) is 0 Å². The van der Waals surface area contributed by atoms with Crippen LogP contribution in [0.3, 0.4) is 0 Å². The van der Waals surface area contributed by atoms with Crippen molar-refractivity contribution in [1.29, 1.82) is 0 Å². The van der Waals surface area contributed by atoms with E-state index in [9.17, 15) is 9.59 Å². The summed E-state index contributed by atoms with van der Waals surface area (Å²) in [7, 11) is 0. The number of rotatable bonds is 2. The molecule has 1 heterocycles. The SMILES string of the molecule is CC1(C)C(=O)NCC(=O)N1Cc1ccc(Br)cc1. The molecule has 0 aliphatic carbocycles. The van der Waals surface area contributed by atoms with Crippen molar-refractivity contribution in [3.8, 4) is 0 Å². The van der Waals surface area contributed by atoms with Crippen molar-refractivity contribution < 1.29 is 9.59 Å². The Kier molecular flexibility index (Phi) is 3.43. The van der Waals surface area contributed by atoms with E-state index in [0.29, 0.717) is 6.54 Å². The molecule has 96 valence electrons. The lowest BCUT2D eigenvalue weighted by Gasteiger charge is -2.41. The number of halogens is 1. The van der Waals surface area contributed by atoms with Crippen LogP contribution in [0.2, 0.25) is 0 Å². The second-order valence-electron chi connectivity index (χ2n) is 4.85. The molecule has 0 spiro atoms. The van der Waals surface area contributed by atoms with E-state index in [1.807, 2.05) is 24.3 Å². The summed E-state index contributed by atoms with van der Waals surface area (Å²) >= 11 is 3.37. The molecule has 1 N–H and O–H groups in total. The van der Waals surface area contributed by atoms with E-state index in [2.05, 4.69) is 21.2 Å². The second-order valence-corrected chi connectivity index (χ2v) is 5.76. The van der Waals surface area contributed by atoms with E-state index in [1.165, 1.54) is 0 Å². The standard InChI is InChI=1S/C13H15BrN2O2/c1-13(2)12(18)15-7-11(17)16(13)8-9-3-5-10(14)6-4-9/h3-6H,7-8H2,1-2H3,(H,15,18). The number of nitrogens with zero attached hydrogens (tertiary/aromatic N) is 1. The molecule has 2 amide bonds. The summed E-state index contributed by atoms with van der Waals surface area (Å²) in [6.45, 7) is 4.06. The zero-order chi connectivity index (χ0) is 13.3. The Balaban J connectivity index is 2.22. The maximum Gasteiger partial charge on any atom is 0.245 e. The van der Waals surface area contributed by atoms with Gasteiger partial charge in [0, 0.05) is 11.0 Å². The highest BCUT2D eigenvalue weighted by molar-refractivity contribution is 9.10. The topological polar surface area (TPSA) is 49.4 Å². The number of hydrogen-bond acceptors (Lipinski definition) is 2. The third-order valence-electron chi connectivity index (χ3n) is 3.19. The summed E-state index contributed by atoms with van der Waals surface area (Å²) in [5, 5.41) is 2.61. The summed E-state index contributed by atoms with van der Waals surface area (Å²) in [4.78, 5) is 25.4. The molecule has 1 saturated heterocycles. The third kappa shape index (κ3) is 2.41. The molecule has 1 aromatic carbocycles. The Hall–Kier alpha value is -1.36. The molecule has 2 rings (SSSR count). The van der Waals surface area contributed by atoms with Crippen molar-refractivity contribution in [3.63, 3.8) is 0 Å². The van der Waals surface area contributed by atoms with E-state index in [0.717, 1.165) is 10.0 Å². The predicted molar refractivity (Wildman–Crippen MR) is 71.8 cm³/mol. The lowest BCUT2D eigenvalue weighted by molar-refractivity contribution is -0.152. The lowest BCUT2D eigenvalue weighted by Crippen LogP contribution is -2.63. The largest absolute Gasteiger partial charge is 0.345 e. The van der Waals surface area contributed by atoms with Crippen LogP contribution in [0.4, 0.5) is 0 Å². The van der Waals surface area contributed by atoms with Crippen LogP contribution in [0.15, 0.2) is 28.7 Å². The fourth-order valence-electron chi connectivity index (χ4n) is 1.96.